The molecule has 0 radical (unpaired) electrons. The van der Waals surface area contributed by atoms with Gasteiger partial charge in [-0.1, -0.05) is 18.2 Å². The third kappa shape index (κ3) is 1.96. The number of hydrogen-bond acceptors (Lipinski definition) is 4. The van der Waals surface area contributed by atoms with Crippen LogP contribution in [0, 0.1) is 0 Å². The van der Waals surface area contributed by atoms with Crippen molar-refractivity contribution in [2.45, 2.75) is 12.8 Å². The van der Waals surface area contributed by atoms with Crippen molar-refractivity contribution in [2.24, 2.45) is 0 Å². The summed E-state index contributed by atoms with van der Waals surface area (Å²) in [7, 11) is 0. The van der Waals surface area contributed by atoms with Gasteiger partial charge in [-0.25, -0.2) is 4.90 Å². The van der Waals surface area contributed by atoms with Crippen LogP contribution < -0.4 is 9.80 Å². The summed E-state index contributed by atoms with van der Waals surface area (Å²) in [6, 6.07) is 13.1. The molecule has 2 aromatic rings. The zero-order valence-corrected chi connectivity index (χ0v) is 12.6. The zero-order valence-electron chi connectivity index (χ0n) is 12.6. The number of imide groups is 2. The summed E-state index contributed by atoms with van der Waals surface area (Å²) >= 11 is 0. The maximum atomic E-state index is 12.7. The number of fused-ring (bicyclic) bond motifs is 1. The maximum absolute atomic E-state index is 12.7. The predicted molar refractivity (Wildman–Crippen MR) is 85.8 cm³/mol. The molecule has 24 heavy (non-hydrogen) atoms. The number of amides is 4. The molecule has 2 aliphatic heterocycles. The van der Waals surface area contributed by atoms with Gasteiger partial charge in [0, 0.05) is 12.8 Å². The van der Waals surface area contributed by atoms with E-state index in [4.69, 9.17) is 0 Å². The molecule has 0 aliphatic carbocycles. The van der Waals surface area contributed by atoms with Crippen LogP contribution in [-0.2, 0) is 9.59 Å². The highest BCUT2D eigenvalue weighted by atomic mass is 16.2. The van der Waals surface area contributed by atoms with E-state index in [9.17, 15) is 19.2 Å². The largest absolute Gasteiger partial charge is 0.274 e. The molecular formula is C18H12N2O4. The normalized spacial score (nSPS) is 17.0. The Balaban J connectivity index is 1.77. The van der Waals surface area contributed by atoms with Crippen molar-refractivity contribution >= 4 is 35.0 Å². The average Bonchev–Trinajstić information content (AvgIpc) is 3.05. The maximum Gasteiger partial charge on any atom is 0.266 e. The molecule has 0 bridgehead atoms. The van der Waals surface area contributed by atoms with E-state index in [2.05, 4.69) is 0 Å². The first kappa shape index (κ1) is 14.3. The van der Waals surface area contributed by atoms with Gasteiger partial charge < -0.3 is 0 Å². The summed E-state index contributed by atoms with van der Waals surface area (Å²) < 4.78 is 0. The average molecular weight is 320 g/mol. The first-order valence-electron chi connectivity index (χ1n) is 7.51. The summed E-state index contributed by atoms with van der Waals surface area (Å²) in [6.07, 6.45) is 0.331. The Morgan fingerprint density at radius 3 is 1.92 bits per heavy atom. The van der Waals surface area contributed by atoms with Gasteiger partial charge in [-0.2, -0.15) is 0 Å². The standard InChI is InChI=1S/C18H12N2O4/c21-15-8-9-16(22)19(15)12-6-7-13-14(10-12)18(24)20(17(13)23)11-4-2-1-3-5-11/h1-7,10H,8-9H2. The molecule has 0 spiro atoms. The summed E-state index contributed by atoms with van der Waals surface area (Å²) in [5.74, 6) is -1.46. The minimum atomic E-state index is -0.456. The van der Waals surface area contributed by atoms with E-state index >= 15 is 0 Å². The number of anilines is 2. The lowest BCUT2D eigenvalue weighted by atomic mass is 10.1. The molecule has 4 rings (SSSR count). The lowest BCUT2D eigenvalue weighted by molar-refractivity contribution is -0.121. The number of nitrogens with zero attached hydrogens (tertiary/aromatic N) is 2. The van der Waals surface area contributed by atoms with Gasteiger partial charge in [-0.15, -0.1) is 0 Å². The molecule has 6 heteroatoms. The van der Waals surface area contributed by atoms with Gasteiger partial charge in [0.2, 0.25) is 11.8 Å². The van der Waals surface area contributed by atoms with Gasteiger partial charge in [-0.05, 0) is 30.3 Å². The quantitative estimate of drug-likeness (QED) is 0.795. The van der Waals surface area contributed by atoms with Crippen LogP contribution in [0.2, 0.25) is 0 Å². The molecule has 2 aliphatic rings. The van der Waals surface area contributed by atoms with Crippen molar-refractivity contribution in [2.75, 3.05) is 9.80 Å². The van der Waals surface area contributed by atoms with E-state index in [0.717, 1.165) is 9.80 Å². The summed E-state index contributed by atoms with van der Waals surface area (Å²) in [5, 5.41) is 0. The summed E-state index contributed by atoms with van der Waals surface area (Å²) in [6.45, 7) is 0. The second-order valence-electron chi connectivity index (χ2n) is 5.63. The fourth-order valence-electron chi connectivity index (χ4n) is 3.04. The van der Waals surface area contributed by atoms with E-state index in [0.29, 0.717) is 11.4 Å². The molecule has 0 aromatic heterocycles. The van der Waals surface area contributed by atoms with Gasteiger partial charge in [0.1, 0.15) is 0 Å². The minimum absolute atomic E-state index is 0.166. The number of para-hydroxylation sites is 1. The molecule has 0 atom stereocenters. The highest BCUT2D eigenvalue weighted by Gasteiger charge is 2.38. The molecule has 4 amide bonds. The van der Waals surface area contributed by atoms with Crippen LogP contribution in [0.15, 0.2) is 48.5 Å². The lowest BCUT2D eigenvalue weighted by Gasteiger charge is -2.14. The number of benzene rings is 2. The number of rotatable bonds is 2. The second-order valence-corrected chi connectivity index (χ2v) is 5.63. The minimum Gasteiger partial charge on any atom is -0.274 e. The predicted octanol–water partition coefficient (Wildman–Crippen LogP) is 2.14. The fourth-order valence-corrected chi connectivity index (χ4v) is 3.04. The Labute approximate surface area is 137 Å². The van der Waals surface area contributed by atoms with Crippen molar-refractivity contribution in [3.8, 4) is 0 Å². The van der Waals surface area contributed by atoms with Crippen LogP contribution in [-0.4, -0.2) is 23.6 Å². The topological polar surface area (TPSA) is 74.8 Å². The molecule has 0 saturated carbocycles. The number of carbonyl (C=O) groups excluding carboxylic acids is 4. The lowest BCUT2D eigenvalue weighted by Crippen LogP contribution is -2.29. The Morgan fingerprint density at radius 2 is 1.25 bits per heavy atom. The molecule has 2 aromatic carbocycles. The second kappa shape index (κ2) is 5.13. The van der Waals surface area contributed by atoms with E-state index in [1.807, 2.05) is 0 Å². The Morgan fingerprint density at radius 1 is 0.625 bits per heavy atom. The number of carbonyl (C=O) groups is 4. The van der Waals surface area contributed by atoms with Crippen molar-refractivity contribution in [1.29, 1.82) is 0 Å². The molecule has 118 valence electrons. The fraction of sp³-hybridized carbons (Fsp3) is 0.111. The van der Waals surface area contributed by atoms with Crippen molar-refractivity contribution in [1.82, 2.24) is 0 Å². The molecule has 2 heterocycles. The van der Waals surface area contributed by atoms with E-state index in [1.165, 1.54) is 18.2 Å². The van der Waals surface area contributed by atoms with Crippen molar-refractivity contribution < 1.29 is 19.2 Å². The molecule has 0 N–H and O–H groups in total. The van der Waals surface area contributed by atoms with Gasteiger partial charge >= 0.3 is 0 Å². The highest BCUT2D eigenvalue weighted by Crippen LogP contribution is 2.32. The van der Waals surface area contributed by atoms with Crippen molar-refractivity contribution in [3.05, 3.63) is 59.7 Å². The van der Waals surface area contributed by atoms with Crippen LogP contribution in [0.4, 0.5) is 11.4 Å². The van der Waals surface area contributed by atoms with Crippen LogP contribution >= 0.6 is 0 Å². The third-order valence-corrected chi connectivity index (χ3v) is 4.19. The van der Waals surface area contributed by atoms with E-state index in [-0.39, 0.29) is 35.8 Å². The molecule has 1 saturated heterocycles. The Bertz CT molecular complexity index is 888. The third-order valence-electron chi connectivity index (χ3n) is 4.19. The molecule has 6 nitrogen and oxygen atoms in total. The summed E-state index contributed by atoms with van der Waals surface area (Å²) in [4.78, 5) is 51.1. The smallest absolute Gasteiger partial charge is 0.266 e. The van der Waals surface area contributed by atoms with Gasteiger partial charge in [0.05, 0.1) is 22.5 Å². The van der Waals surface area contributed by atoms with Gasteiger partial charge in [0.15, 0.2) is 0 Å². The molecular weight excluding hydrogens is 308 g/mol. The van der Waals surface area contributed by atoms with E-state index in [1.54, 1.807) is 30.3 Å². The van der Waals surface area contributed by atoms with Gasteiger partial charge in [0.25, 0.3) is 11.8 Å². The summed E-state index contributed by atoms with van der Waals surface area (Å²) in [5.41, 5.74) is 1.29. The van der Waals surface area contributed by atoms with Crippen molar-refractivity contribution in [3.63, 3.8) is 0 Å². The zero-order chi connectivity index (χ0) is 16.8. The van der Waals surface area contributed by atoms with Crippen LogP contribution in [0.3, 0.4) is 0 Å². The van der Waals surface area contributed by atoms with Gasteiger partial charge in [-0.3, -0.25) is 24.1 Å². The van der Waals surface area contributed by atoms with Crippen LogP contribution in [0.5, 0.6) is 0 Å². The monoisotopic (exact) mass is 320 g/mol. The SMILES string of the molecule is O=C1CCC(=O)N1c1ccc2c(c1)C(=O)N(c1ccccc1)C2=O. The first-order valence-corrected chi connectivity index (χ1v) is 7.51. The van der Waals surface area contributed by atoms with Crippen LogP contribution in [0.25, 0.3) is 0 Å². The Hall–Kier alpha value is -3.28. The molecule has 0 unspecified atom stereocenters. The highest BCUT2D eigenvalue weighted by molar-refractivity contribution is 6.35. The van der Waals surface area contributed by atoms with Crippen LogP contribution in [0.1, 0.15) is 33.6 Å². The molecule has 1 fully saturated rings. The first-order chi connectivity index (χ1) is 11.6. The van der Waals surface area contributed by atoms with E-state index < -0.39 is 11.8 Å². The number of hydrogen-bond donors (Lipinski definition) is 0. The Kier molecular flexibility index (Phi) is 3.06.